The van der Waals surface area contributed by atoms with Gasteiger partial charge in [0.1, 0.15) is 0 Å². The predicted molar refractivity (Wildman–Crippen MR) is 72.2 cm³/mol. The molecule has 15 heavy (non-hydrogen) atoms. The molecule has 0 aromatic heterocycles. The first-order valence-electron chi connectivity index (χ1n) is 5.43. The molecule has 0 nitrogen and oxygen atoms in total. The Labute approximate surface area is 102 Å². The summed E-state index contributed by atoms with van der Waals surface area (Å²) in [6.07, 6.45) is 4.32. The van der Waals surface area contributed by atoms with Crippen molar-refractivity contribution in [2.45, 2.75) is 39.0 Å². The zero-order valence-corrected chi connectivity index (χ0v) is 11.4. The van der Waals surface area contributed by atoms with Crippen molar-refractivity contribution >= 4 is 22.0 Å². The SMILES string of the molecule is C=Cc1cc(Br)cc(C(C)(C)CCC)c1. The molecule has 1 aromatic rings. The van der Waals surface area contributed by atoms with E-state index in [-0.39, 0.29) is 5.41 Å². The first-order valence-corrected chi connectivity index (χ1v) is 6.22. The normalized spacial score (nSPS) is 11.5. The van der Waals surface area contributed by atoms with Crippen LogP contribution in [0.4, 0.5) is 0 Å². The molecule has 0 aliphatic rings. The summed E-state index contributed by atoms with van der Waals surface area (Å²) >= 11 is 3.55. The lowest BCUT2D eigenvalue weighted by molar-refractivity contribution is 0.473. The molecule has 0 heterocycles. The molecule has 0 radical (unpaired) electrons. The summed E-state index contributed by atoms with van der Waals surface area (Å²) in [5, 5.41) is 0. The predicted octanol–water partition coefficient (Wildman–Crippen LogP) is 5.17. The molecule has 0 saturated carbocycles. The molecule has 0 aliphatic carbocycles. The highest BCUT2D eigenvalue weighted by Crippen LogP contribution is 2.31. The quantitative estimate of drug-likeness (QED) is 0.706. The van der Waals surface area contributed by atoms with Gasteiger partial charge in [-0.2, -0.15) is 0 Å². The average molecular weight is 267 g/mol. The maximum Gasteiger partial charge on any atom is 0.0184 e. The maximum absolute atomic E-state index is 3.82. The van der Waals surface area contributed by atoms with Gasteiger partial charge in [0.2, 0.25) is 0 Å². The highest BCUT2D eigenvalue weighted by Gasteiger charge is 2.19. The molecule has 1 rings (SSSR count). The van der Waals surface area contributed by atoms with Crippen LogP contribution in [0.2, 0.25) is 0 Å². The molecular weight excluding hydrogens is 248 g/mol. The van der Waals surface area contributed by atoms with Gasteiger partial charge in [-0.15, -0.1) is 0 Å². The second-order valence-electron chi connectivity index (χ2n) is 4.61. The van der Waals surface area contributed by atoms with E-state index in [0.717, 1.165) is 4.47 Å². The van der Waals surface area contributed by atoms with E-state index in [2.05, 4.69) is 61.5 Å². The number of halogens is 1. The van der Waals surface area contributed by atoms with E-state index in [1.807, 2.05) is 6.08 Å². The van der Waals surface area contributed by atoms with Crippen molar-refractivity contribution in [3.8, 4) is 0 Å². The number of benzene rings is 1. The minimum absolute atomic E-state index is 0.246. The molecular formula is C14H19Br. The van der Waals surface area contributed by atoms with E-state index >= 15 is 0 Å². The summed E-state index contributed by atoms with van der Waals surface area (Å²) in [7, 11) is 0. The Morgan fingerprint density at radius 3 is 2.53 bits per heavy atom. The topological polar surface area (TPSA) is 0 Å². The van der Waals surface area contributed by atoms with Gasteiger partial charge in [-0.1, -0.05) is 61.8 Å². The average Bonchev–Trinajstić information content (AvgIpc) is 2.16. The molecule has 0 unspecified atom stereocenters. The van der Waals surface area contributed by atoms with Crippen molar-refractivity contribution in [1.82, 2.24) is 0 Å². The van der Waals surface area contributed by atoms with Crippen LogP contribution in [0.15, 0.2) is 29.3 Å². The Bertz CT molecular complexity index is 350. The van der Waals surface area contributed by atoms with Gasteiger partial charge in [-0.05, 0) is 35.1 Å². The third-order valence-electron chi connectivity index (χ3n) is 2.81. The molecule has 0 spiro atoms. The van der Waals surface area contributed by atoms with E-state index in [9.17, 15) is 0 Å². The minimum atomic E-state index is 0.246. The molecule has 0 aliphatic heterocycles. The van der Waals surface area contributed by atoms with Crippen LogP contribution >= 0.6 is 15.9 Å². The van der Waals surface area contributed by atoms with Gasteiger partial charge in [-0.3, -0.25) is 0 Å². The van der Waals surface area contributed by atoms with E-state index in [1.54, 1.807) is 0 Å². The van der Waals surface area contributed by atoms with E-state index < -0.39 is 0 Å². The maximum atomic E-state index is 3.82. The Morgan fingerprint density at radius 1 is 1.33 bits per heavy atom. The Hall–Kier alpha value is -0.560. The van der Waals surface area contributed by atoms with E-state index in [1.165, 1.54) is 24.0 Å². The highest BCUT2D eigenvalue weighted by atomic mass is 79.9. The summed E-state index contributed by atoms with van der Waals surface area (Å²) in [5.41, 5.74) is 2.81. The van der Waals surface area contributed by atoms with Crippen molar-refractivity contribution in [2.24, 2.45) is 0 Å². The summed E-state index contributed by atoms with van der Waals surface area (Å²) in [6, 6.07) is 6.54. The summed E-state index contributed by atoms with van der Waals surface area (Å²) < 4.78 is 1.14. The largest absolute Gasteiger partial charge is 0.0985 e. The third kappa shape index (κ3) is 3.20. The smallest absolute Gasteiger partial charge is 0.0184 e. The Balaban J connectivity index is 3.13. The van der Waals surface area contributed by atoms with Gasteiger partial charge in [0.25, 0.3) is 0 Å². The molecule has 0 amide bonds. The fraction of sp³-hybridized carbons (Fsp3) is 0.429. The lowest BCUT2D eigenvalue weighted by Gasteiger charge is -2.25. The van der Waals surface area contributed by atoms with Crippen LogP contribution in [0, 0.1) is 0 Å². The molecule has 1 aromatic carbocycles. The van der Waals surface area contributed by atoms with Crippen LogP contribution in [-0.4, -0.2) is 0 Å². The molecule has 0 saturated heterocycles. The van der Waals surface area contributed by atoms with Crippen molar-refractivity contribution in [2.75, 3.05) is 0 Å². The van der Waals surface area contributed by atoms with Crippen molar-refractivity contribution < 1.29 is 0 Å². The molecule has 0 fully saturated rings. The summed E-state index contributed by atoms with van der Waals surface area (Å²) in [6.45, 7) is 10.6. The zero-order valence-electron chi connectivity index (χ0n) is 9.81. The van der Waals surface area contributed by atoms with Gasteiger partial charge < -0.3 is 0 Å². The van der Waals surface area contributed by atoms with Gasteiger partial charge in [0.05, 0.1) is 0 Å². The lowest BCUT2D eigenvalue weighted by atomic mass is 9.80. The molecule has 0 bridgehead atoms. The Kier molecular flexibility index (Phi) is 4.15. The number of rotatable bonds is 4. The van der Waals surface area contributed by atoms with E-state index in [0.29, 0.717) is 0 Å². The van der Waals surface area contributed by atoms with Gasteiger partial charge in [0, 0.05) is 4.47 Å². The molecule has 0 atom stereocenters. The van der Waals surface area contributed by atoms with E-state index in [4.69, 9.17) is 0 Å². The highest BCUT2D eigenvalue weighted by molar-refractivity contribution is 9.10. The molecule has 1 heteroatoms. The number of hydrogen-bond donors (Lipinski definition) is 0. The van der Waals surface area contributed by atoms with Gasteiger partial charge in [-0.25, -0.2) is 0 Å². The fourth-order valence-electron chi connectivity index (χ4n) is 1.89. The Morgan fingerprint density at radius 2 is 2.00 bits per heavy atom. The minimum Gasteiger partial charge on any atom is -0.0985 e. The standard InChI is InChI=1S/C14H19Br/c1-5-7-14(3,4)12-8-11(6-2)9-13(15)10-12/h6,8-10H,2,5,7H2,1,3-4H3. The van der Waals surface area contributed by atoms with Crippen LogP contribution in [0.5, 0.6) is 0 Å². The summed E-state index contributed by atoms with van der Waals surface area (Å²) in [4.78, 5) is 0. The molecule has 0 N–H and O–H groups in total. The van der Waals surface area contributed by atoms with Crippen LogP contribution in [0.25, 0.3) is 6.08 Å². The second-order valence-corrected chi connectivity index (χ2v) is 5.53. The van der Waals surface area contributed by atoms with Crippen molar-refractivity contribution in [3.05, 3.63) is 40.4 Å². The first kappa shape index (κ1) is 12.5. The third-order valence-corrected chi connectivity index (χ3v) is 3.27. The van der Waals surface area contributed by atoms with Crippen LogP contribution in [0.1, 0.15) is 44.7 Å². The zero-order chi connectivity index (χ0) is 11.5. The number of hydrogen-bond acceptors (Lipinski definition) is 0. The monoisotopic (exact) mass is 266 g/mol. The van der Waals surface area contributed by atoms with Crippen molar-refractivity contribution in [1.29, 1.82) is 0 Å². The van der Waals surface area contributed by atoms with Crippen LogP contribution in [0.3, 0.4) is 0 Å². The van der Waals surface area contributed by atoms with Crippen molar-refractivity contribution in [3.63, 3.8) is 0 Å². The fourth-order valence-corrected chi connectivity index (χ4v) is 2.40. The first-order chi connectivity index (χ1) is 6.99. The van der Waals surface area contributed by atoms with Gasteiger partial charge >= 0.3 is 0 Å². The molecule has 82 valence electrons. The summed E-state index contributed by atoms with van der Waals surface area (Å²) in [5.74, 6) is 0. The van der Waals surface area contributed by atoms with Gasteiger partial charge in [0.15, 0.2) is 0 Å². The lowest BCUT2D eigenvalue weighted by Crippen LogP contribution is -2.16. The van der Waals surface area contributed by atoms with Crippen LogP contribution < -0.4 is 0 Å². The second kappa shape index (κ2) is 4.98. The van der Waals surface area contributed by atoms with Crippen LogP contribution in [-0.2, 0) is 5.41 Å².